The molecule has 0 aliphatic carbocycles. The van der Waals surface area contributed by atoms with E-state index in [1.54, 1.807) is 23.1 Å². The maximum Gasteiger partial charge on any atom is 0.232 e. The van der Waals surface area contributed by atoms with Gasteiger partial charge in [0.1, 0.15) is 0 Å². The first-order valence-corrected chi connectivity index (χ1v) is 11.2. The Hall–Kier alpha value is -2.05. The molecule has 1 saturated heterocycles. The lowest BCUT2D eigenvalue weighted by molar-refractivity contribution is -0.128. The zero-order valence-corrected chi connectivity index (χ0v) is 17.1. The molecule has 0 unspecified atom stereocenters. The number of thiazole rings is 1. The van der Waals surface area contributed by atoms with E-state index in [0.717, 1.165) is 42.6 Å². The monoisotopic (exact) mass is 397 g/mol. The van der Waals surface area contributed by atoms with Gasteiger partial charge in [-0.05, 0) is 30.2 Å². The molecule has 0 spiro atoms. The van der Waals surface area contributed by atoms with Gasteiger partial charge in [0.05, 0.1) is 16.0 Å². The van der Waals surface area contributed by atoms with Gasteiger partial charge in [-0.3, -0.25) is 4.79 Å². The van der Waals surface area contributed by atoms with E-state index in [9.17, 15) is 4.79 Å². The SMILES string of the molecule is Cc1ccc2nc(N3CCN(C(=O)CSCc4ccccc4)CC3)sc2c1. The first kappa shape index (κ1) is 18.3. The summed E-state index contributed by atoms with van der Waals surface area (Å²) in [4.78, 5) is 21.5. The minimum absolute atomic E-state index is 0.246. The number of rotatable bonds is 5. The average molecular weight is 398 g/mol. The van der Waals surface area contributed by atoms with Crippen molar-refractivity contribution in [2.75, 3.05) is 36.8 Å². The molecule has 0 radical (unpaired) electrons. The van der Waals surface area contributed by atoms with Crippen molar-refractivity contribution < 1.29 is 4.79 Å². The minimum atomic E-state index is 0.246. The molecule has 2 aromatic carbocycles. The van der Waals surface area contributed by atoms with Crippen LogP contribution in [0.1, 0.15) is 11.1 Å². The second-order valence-corrected chi connectivity index (χ2v) is 8.81. The van der Waals surface area contributed by atoms with E-state index in [0.29, 0.717) is 5.75 Å². The Morgan fingerprint density at radius 3 is 2.67 bits per heavy atom. The maximum atomic E-state index is 12.5. The Labute approximate surface area is 168 Å². The Morgan fingerprint density at radius 2 is 1.89 bits per heavy atom. The van der Waals surface area contributed by atoms with Crippen LogP contribution in [0.15, 0.2) is 48.5 Å². The predicted octanol–water partition coefficient (Wildman–Crippen LogP) is 4.19. The standard InChI is InChI=1S/C21H23N3OS2/c1-16-7-8-18-19(13-16)27-21(22-18)24-11-9-23(10-12-24)20(25)15-26-14-17-5-3-2-4-6-17/h2-8,13H,9-12,14-15H2,1H3. The molecule has 6 heteroatoms. The fourth-order valence-electron chi connectivity index (χ4n) is 3.22. The molecule has 1 fully saturated rings. The van der Waals surface area contributed by atoms with Crippen molar-refractivity contribution in [2.45, 2.75) is 12.7 Å². The lowest BCUT2D eigenvalue weighted by Crippen LogP contribution is -2.49. The molecule has 27 heavy (non-hydrogen) atoms. The Morgan fingerprint density at radius 1 is 1.11 bits per heavy atom. The third-order valence-corrected chi connectivity index (χ3v) is 6.84. The molecule has 140 valence electrons. The summed E-state index contributed by atoms with van der Waals surface area (Å²) in [6.45, 7) is 5.38. The van der Waals surface area contributed by atoms with E-state index in [1.165, 1.54) is 15.8 Å². The summed E-state index contributed by atoms with van der Waals surface area (Å²) < 4.78 is 1.24. The van der Waals surface area contributed by atoms with Crippen molar-refractivity contribution in [3.05, 3.63) is 59.7 Å². The zero-order valence-electron chi connectivity index (χ0n) is 15.4. The van der Waals surface area contributed by atoms with Crippen LogP contribution in [-0.4, -0.2) is 47.7 Å². The number of piperazine rings is 1. The Bertz CT molecular complexity index is 918. The number of thioether (sulfide) groups is 1. The number of aryl methyl sites for hydroxylation is 1. The van der Waals surface area contributed by atoms with Gasteiger partial charge < -0.3 is 9.80 Å². The minimum Gasteiger partial charge on any atom is -0.345 e. The van der Waals surface area contributed by atoms with Crippen LogP contribution in [0.2, 0.25) is 0 Å². The van der Waals surface area contributed by atoms with E-state index in [2.05, 4.69) is 42.2 Å². The number of amides is 1. The second kappa shape index (κ2) is 8.31. The fourth-order valence-corrected chi connectivity index (χ4v) is 5.23. The van der Waals surface area contributed by atoms with Crippen LogP contribution < -0.4 is 4.90 Å². The van der Waals surface area contributed by atoms with E-state index in [1.807, 2.05) is 23.1 Å². The van der Waals surface area contributed by atoms with Crippen LogP contribution in [-0.2, 0) is 10.5 Å². The number of hydrogen-bond donors (Lipinski definition) is 0. The van der Waals surface area contributed by atoms with E-state index in [-0.39, 0.29) is 5.91 Å². The summed E-state index contributed by atoms with van der Waals surface area (Å²) >= 11 is 3.44. The average Bonchev–Trinajstić information content (AvgIpc) is 3.12. The van der Waals surface area contributed by atoms with Crippen LogP contribution in [0.4, 0.5) is 5.13 Å². The van der Waals surface area contributed by atoms with Gasteiger partial charge in [-0.1, -0.05) is 47.7 Å². The van der Waals surface area contributed by atoms with E-state index in [4.69, 9.17) is 4.98 Å². The van der Waals surface area contributed by atoms with Crippen LogP contribution >= 0.6 is 23.1 Å². The van der Waals surface area contributed by atoms with Gasteiger partial charge in [0.15, 0.2) is 5.13 Å². The summed E-state index contributed by atoms with van der Waals surface area (Å²) in [5.41, 5.74) is 3.60. The molecule has 1 amide bonds. The number of nitrogens with zero attached hydrogens (tertiary/aromatic N) is 3. The summed E-state index contributed by atoms with van der Waals surface area (Å²) in [5, 5.41) is 1.07. The van der Waals surface area contributed by atoms with Gasteiger partial charge >= 0.3 is 0 Å². The van der Waals surface area contributed by atoms with Gasteiger partial charge in [0, 0.05) is 31.9 Å². The molecular weight excluding hydrogens is 374 g/mol. The first-order chi connectivity index (χ1) is 13.2. The molecule has 0 atom stereocenters. The molecule has 0 N–H and O–H groups in total. The lowest BCUT2D eigenvalue weighted by atomic mass is 10.2. The number of fused-ring (bicyclic) bond motifs is 1. The van der Waals surface area contributed by atoms with Crippen molar-refractivity contribution in [1.82, 2.24) is 9.88 Å². The summed E-state index contributed by atoms with van der Waals surface area (Å²) in [6.07, 6.45) is 0. The molecule has 2 heterocycles. The molecule has 1 aliphatic rings. The molecule has 1 aromatic heterocycles. The highest BCUT2D eigenvalue weighted by Crippen LogP contribution is 2.30. The van der Waals surface area contributed by atoms with E-state index >= 15 is 0 Å². The van der Waals surface area contributed by atoms with Gasteiger partial charge in [-0.2, -0.15) is 0 Å². The van der Waals surface area contributed by atoms with Crippen molar-refractivity contribution in [3.8, 4) is 0 Å². The molecule has 3 aromatic rings. The predicted molar refractivity (Wildman–Crippen MR) is 116 cm³/mol. The fraction of sp³-hybridized carbons (Fsp3) is 0.333. The highest BCUT2D eigenvalue weighted by Gasteiger charge is 2.23. The Balaban J connectivity index is 1.28. The van der Waals surface area contributed by atoms with Crippen molar-refractivity contribution in [2.24, 2.45) is 0 Å². The lowest BCUT2D eigenvalue weighted by Gasteiger charge is -2.34. The molecule has 4 nitrogen and oxygen atoms in total. The van der Waals surface area contributed by atoms with Gasteiger partial charge in [-0.25, -0.2) is 4.98 Å². The normalized spacial score (nSPS) is 14.7. The number of benzene rings is 2. The molecule has 4 rings (SSSR count). The smallest absolute Gasteiger partial charge is 0.232 e. The number of hydrogen-bond acceptors (Lipinski definition) is 5. The largest absolute Gasteiger partial charge is 0.345 e. The number of carbonyl (C=O) groups is 1. The third kappa shape index (κ3) is 4.45. The highest BCUT2D eigenvalue weighted by molar-refractivity contribution is 7.99. The quantitative estimate of drug-likeness (QED) is 0.647. The molecular formula is C21H23N3OS2. The van der Waals surface area contributed by atoms with Crippen molar-refractivity contribution in [1.29, 1.82) is 0 Å². The highest BCUT2D eigenvalue weighted by atomic mass is 32.2. The molecule has 0 saturated carbocycles. The van der Waals surface area contributed by atoms with Crippen LogP contribution in [0.25, 0.3) is 10.2 Å². The Kier molecular flexibility index (Phi) is 5.64. The summed E-state index contributed by atoms with van der Waals surface area (Å²) in [5.74, 6) is 1.68. The first-order valence-electron chi connectivity index (χ1n) is 9.20. The van der Waals surface area contributed by atoms with E-state index < -0.39 is 0 Å². The van der Waals surface area contributed by atoms with Gasteiger partial charge in [0.25, 0.3) is 0 Å². The van der Waals surface area contributed by atoms with Crippen LogP contribution in [0.5, 0.6) is 0 Å². The molecule has 1 aliphatic heterocycles. The topological polar surface area (TPSA) is 36.4 Å². The number of aromatic nitrogens is 1. The summed E-state index contributed by atoms with van der Waals surface area (Å²) in [6, 6.07) is 16.7. The van der Waals surface area contributed by atoms with Gasteiger partial charge in [0.2, 0.25) is 5.91 Å². The van der Waals surface area contributed by atoms with Crippen LogP contribution in [0, 0.1) is 6.92 Å². The van der Waals surface area contributed by atoms with Crippen LogP contribution in [0.3, 0.4) is 0 Å². The molecule has 0 bridgehead atoms. The second-order valence-electron chi connectivity index (χ2n) is 6.81. The van der Waals surface area contributed by atoms with Crippen molar-refractivity contribution >= 4 is 44.4 Å². The van der Waals surface area contributed by atoms with Gasteiger partial charge in [-0.15, -0.1) is 11.8 Å². The van der Waals surface area contributed by atoms with Crippen molar-refractivity contribution in [3.63, 3.8) is 0 Å². The third-order valence-electron chi connectivity index (χ3n) is 4.77. The number of anilines is 1. The number of carbonyl (C=O) groups excluding carboxylic acids is 1. The maximum absolute atomic E-state index is 12.5. The zero-order chi connectivity index (χ0) is 18.6. The summed E-state index contributed by atoms with van der Waals surface area (Å²) in [7, 11) is 0.